The molecule has 0 amide bonds. The van der Waals surface area contributed by atoms with E-state index in [4.69, 9.17) is 9.72 Å². The second-order valence-corrected chi connectivity index (χ2v) is 6.33. The van der Waals surface area contributed by atoms with Crippen LogP contribution in [-0.4, -0.2) is 33.5 Å². The molecule has 1 aliphatic heterocycles. The van der Waals surface area contributed by atoms with Crippen molar-refractivity contribution in [2.24, 2.45) is 0 Å². The van der Waals surface area contributed by atoms with Crippen LogP contribution in [0.25, 0.3) is 11.4 Å². The van der Waals surface area contributed by atoms with Crippen molar-refractivity contribution in [2.45, 2.75) is 19.5 Å². The third kappa shape index (κ3) is 3.41. The molecule has 0 N–H and O–H groups in total. The first-order chi connectivity index (χ1) is 12.7. The highest BCUT2D eigenvalue weighted by molar-refractivity contribution is 5.54. The summed E-state index contributed by atoms with van der Waals surface area (Å²) in [6.45, 7) is 2.25. The number of hydrogen-bond donors (Lipinski definition) is 0. The van der Waals surface area contributed by atoms with Crippen LogP contribution in [0.4, 0.5) is 4.39 Å². The minimum atomic E-state index is -0.432. The Morgan fingerprint density at radius 2 is 2.00 bits per heavy atom. The van der Waals surface area contributed by atoms with Gasteiger partial charge < -0.3 is 4.74 Å². The van der Waals surface area contributed by atoms with Gasteiger partial charge in [0.2, 0.25) is 5.88 Å². The summed E-state index contributed by atoms with van der Waals surface area (Å²) >= 11 is 0. The zero-order valence-corrected chi connectivity index (χ0v) is 14.5. The van der Waals surface area contributed by atoms with Gasteiger partial charge in [0.15, 0.2) is 11.6 Å². The van der Waals surface area contributed by atoms with Crippen LogP contribution in [0.1, 0.15) is 16.8 Å². The van der Waals surface area contributed by atoms with Crippen molar-refractivity contribution in [3.63, 3.8) is 0 Å². The number of rotatable bonds is 4. The SMILES string of the molecule is COc1ncc(CN2CCc3nc(-c4ccccc4)ncc3C2)cc1F. The summed E-state index contributed by atoms with van der Waals surface area (Å²) < 4.78 is 18.7. The topological polar surface area (TPSA) is 51.1 Å². The molecule has 1 aliphatic rings. The highest BCUT2D eigenvalue weighted by atomic mass is 19.1. The Morgan fingerprint density at radius 3 is 2.77 bits per heavy atom. The smallest absolute Gasteiger partial charge is 0.250 e. The van der Waals surface area contributed by atoms with Gasteiger partial charge >= 0.3 is 0 Å². The second kappa shape index (κ2) is 7.17. The molecule has 0 spiro atoms. The molecule has 2 aromatic heterocycles. The summed E-state index contributed by atoms with van der Waals surface area (Å²) in [6, 6.07) is 11.5. The van der Waals surface area contributed by atoms with Crippen LogP contribution < -0.4 is 4.74 Å². The first-order valence-corrected chi connectivity index (χ1v) is 8.54. The van der Waals surface area contributed by atoms with E-state index in [2.05, 4.69) is 14.9 Å². The van der Waals surface area contributed by atoms with Crippen molar-refractivity contribution in [3.05, 3.63) is 71.4 Å². The Labute approximate surface area is 151 Å². The maximum absolute atomic E-state index is 13.8. The second-order valence-electron chi connectivity index (χ2n) is 6.33. The van der Waals surface area contributed by atoms with Crippen molar-refractivity contribution in [1.82, 2.24) is 19.9 Å². The molecular formula is C20H19FN4O. The van der Waals surface area contributed by atoms with Gasteiger partial charge in [-0.2, -0.15) is 0 Å². The van der Waals surface area contributed by atoms with Gasteiger partial charge in [-0.25, -0.2) is 19.3 Å². The molecule has 0 saturated heterocycles. The van der Waals surface area contributed by atoms with E-state index in [-0.39, 0.29) is 5.88 Å². The van der Waals surface area contributed by atoms with Gasteiger partial charge in [0.25, 0.3) is 0 Å². The lowest BCUT2D eigenvalue weighted by Crippen LogP contribution is -2.31. The van der Waals surface area contributed by atoms with Crippen LogP contribution in [-0.2, 0) is 19.5 Å². The van der Waals surface area contributed by atoms with Gasteiger partial charge in [-0.1, -0.05) is 30.3 Å². The number of fused-ring (bicyclic) bond motifs is 1. The summed E-state index contributed by atoms with van der Waals surface area (Å²) in [7, 11) is 1.41. The van der Waals surface area contributed by atoms with Crippen molar-refractivity contribution < 1.29 is 9.13 Å². The molecule has 3 aromatic rings. The fraction of sp³-hybridized carbons (Fsp3) is 0.250. The molecule has 0 bridgehead atoms. The highest BCUT2D eigenvalue weighted by Crippen LogP contribution is 2.22. The van der Waals surface area contributed by atoms with E-state index in [1.54, 1.807) is 6.20 Å². The van der Waals surface area contributed by atoms with Crippen molar-refractivity contribution >= 4 is 0 Å². The quantitative estimate of drug-likeness (QED) is 0.723. The van der Waals surface area contributed by atoms with E-state index in [1.165, 1.54) is 13.2 Å². The summed E-state index contributed by atoms with van der Waals surface area (Å²) in [6.07, 6.45) is 4.42. The van der Waals surface area contributed by atoms with Gasteiger partial charge in [-0.15, -0.1) is 0 Å². The number of ether oxygens (including phenoxy) is 1. The number of aromatic nitrogens is 3. The molecule has 4 rings (SSSR count). The Balaban J connectivity index is 1.49. The van der Waals surface area contributed by atoms with Crippen LogP contribution in [0.15, 0.2) is 48.8 Å². The first-order valence-electron chi connectivity index (χ1n) is 8.54. The predicted octanol–water partition coefficient (Wildman–Crippen LogP) is 3.24. The Kier molecular flexibility index (Phi) is 4.58. The molecule has 26 heavy (non-hydrogen) atoms. The van der Waals surface area contributed by atoms with Crippen LogP contribution in [0.5, 0.6) is 5.88 Å². The Bertz CT molecular complexity index is 917. The van der Waals surface area contributed by atoms with Crippen LogP contribution in [0.3, 0.4) is 0 Å². The minimum Gasteiger partial charge on any atom is -0.479 e. The van der Waals surface area contributed by atoms with E-state index in [1.807, 2.05) is 36.5 Å². The number of methoxy groups -OCH3 is 1. The fourth-order valence-corrected chi connectivity index (χ4v) is 3.20. The largest absolute Gasteiger partial charge is 0.479 e. The average Bonchev–Trinajstić information content (AvgIpc) is 2.68. The van der Waals surface area contributed by atoms with E-state index in [0.29, 0.717) is 6.54 Å². The number of nitrogens with zero attached hydrogens (tertiary/aromatic N) is 4. The van der Waals surface area contributed by atoms with E-state index >= 15 is 0 Å². The minimum absolute atomic E-state index is 0.0274. The van der Waals surface area contributed by atoms with Crippen molar-refractivity contribution in [2.75, 3.05) is 13.7 Å². The Morgan fingerprint density at radius 1 is 1.15 bits per heavy atom. The molecule has 3 heterocycles. The molecule has 1 aromatic carbocycles. The molecule has 0 unspecified atom stereocenters. The molecule has 0 fully saturated rings. The van der Waals surface area contributed by atoms with Crippen LogP contribution in [0, 0.1) is 5.82 Å². The highest BCUT2D eigenvalue weighted by Gasteiger charge is 2.19. The zero-order valence-electron chi connectivity index (χ0n) is 14.5. The molecule has 0 saturated carbocycles. The molecular weight excluding hydrogens is 331 g/mol. The van der Waals surface area contributed by atoms with Gasteiger partial charge in [0, 0.05) is 49.6 Å². The van der Waals surface area contributed by atoms with Crippen molar-refractivity contribution in [1.29, 1.82) is 0 Å². The number of pyridine rings is 1. The molecule has 6 heteroatoms. The summed E-state index contributed by atoms with van der Waals surface area (Å²) in [5, 5.41) is 0. The molecule has 5 nitrogen and oxygen atoms in total. The van der Waals surface area contributed by atoms with Gasteiger partial charge in [-0.3, -0.25) is 4.90 Å². The molecule has 0 aliphatic carbocycles. The lowest BCUT2D eigenvalue weighted by atomic mass is 10.1. The number of hydrogen-bond acceptors (Lipinski definition) is 5. The molecule has 0 radical (unpaired) electrons. The lowest BCUT2D eigenvalue weighted by Gasteiger charge is -2.28. The van der Waals surface area contributed by atoms with Crippen LogP contribution >= 0.6 is 0 Å². The Hall–Kier alpha value is -2.86. The average molecular weight is 350 g/mol. The number of halogens is 1. The fourth-order valence-electron chi connectivity index (χ4n) is 3.20. The normalized spacial score (nSPS) is 14.1. The van der Waals surface area contributed by atoms with E-state index < -0.39 is 5.82 Å². The van der Waals surface area contributed by atoms with Gasteiger partial charge in [0.05, 0.1) is 12.8 Å². The molecule has 0 atom stereocenters. The summed E-state index contributed by atoms with van der Waals surface area (Å²) in [4.78, 5) is 15.5. The monoisotopic (exact) mass is 350 g/mol. The maximum atomic E-state index is 13.8. The van der Waals surface area contributed by atoms with Crippen molar-refractivity contribution in [3.8, 4) is 17.3 Å². The zero-order chi connectivity index (χ0) is 17.9. The standard InChI is InChI=1S/C20H19FN4O/c1-26-20-17(21)9-14(10-23-20)12-25-8-7-18-16(13-25)11-22-19(24-18)15-5-3-2-4-6-15/h2-6,9-11H,7-8,12-13H2,1H3. The number of benzene rings is 1. The summed E-state index contributed by atoms with van der Waals surface area (Å²) in [5.41, 5.74) is 4.07. The van der Waals surface area contributed by atoms with E-state index in [0.717, 1.165) is 47.7 Å². The predicted molar refractivity (Wildman–Crippen MR) is 96.0 cm³/mol. The molecule has 132 valence electrons. The third-order valence-corrected chi connectivity index (χ3v) is 4.51. The third-order valence-electron chi connectivity index (χ3n) is 4.51. The van der Waals surface area contributed by atoms with Crippen LogP contribution in [0.2, 0.25) is 0 Å². The maximum Gasteiger partial charge on any atom is 0.250 e. The van der Waals surface area contributed by atoms with E-state index in [9.17, 15) is 4.39 Å². The first kappa shape index (κ1) is 16.6. The summed E-state index contributed by atoms with van der Waals surface area (Å²) in [5.74, 6) is 0.358. The van der Waals surface area contributed by atoms with Gasteiger partial charge in [0.1, 0.15) is 0 Å². The lowest BCUT2D eigenvalue weighted by molar-refractivity contribution is 0.242. The van der Waals surface area contributed by atoms with Gasteiger partial charge in [-0.05, 0) is 11.6 Å².